The molecule has 3 aromatic rings. The average Bonchev–Trinajstić information content (AvgIpc) is 2.97. The van der Waals surface area contributed by atoms with Crippen LogP contribution in [0.25, 0.3) is 22.4 Å². The third-order valence-corrected chi connectivity index (χ3v) is 4.18. The van der Waals surface area contributed by atoms with E-state index in [1.54, 1.807) is 6.20 Å². The van der Waals surface area contributed by atoms with E-state index in [9.17, 15) is 5.11 Å². The number of nitrogens with one attached hydrogen (secondary N) is 2. The molecular formula is C17H19ClN4O. The Kier molecular flexibility index (Phi) is 4.50. The van der Waals surface area contributed by atoms with Crippen LogP contribution in [-0.2, 0) is 0 Å². The largest absolute Gasteiger partial charge is 0.394 e. The Hall–Kier alpha value is -2.11. The predicted octanol–water partition coefficient (Wildman–Crippen LogP) is 3.71. The van der Waals surface area contributed by atoms with Crippen LogP contribution in [0, 0.1) is 5.92 Å². The summed E-state index contributed by atoms with van der Waals surface area (Å²) < 4.78 is 0. The standard InChI is InChI=1S/C17H19ClN4O/c1-10(2)14(9-23)21-17-15-13(7-8-19-17)20-16(22-15)11-5-3-4-6-12(11)18/h3-8,10,14,23H,9H2,1-2H3,(H,19,21)(H,20,22)/t14-/m1/s1. The van der Waals surface area contributed by atoms with Crippen LogP contribution in [-0.4, -0.2) is 32.7 Å². The maximum atomic E-state index is 9.51. The second kappa shape index (κ2) is 6.56. The van der Waals surface area contributed by atoms with Gasteiger partial charge in [0.25, 0.3) is 0 Å². The minimum atomic E-state index is -0.0754. The highest BCUT2D eigenvalue weighted by Gasteiger charge is 2.16. The fraction of sp³-hybridized carbons (Fsp3) is 0.294. The Labute approximate surface area is 139 Å². The summed E-state index contributed by atoms with van der Waals surface area (Å²) in [7, 11) is 0. The molecule has 0 aliphatic carbocycles. The Morgan fingerprint density at radius 3 is 2.74 bits per heavy atom. The number of aliphatic hydroxyl groups is 1. The monoisotopic (exact) mass is 330 g/mol. The molecule has 0 saturated carbocycles. The number of anilines is 1. The highest BCUT2D eigenvalue weighted by atomic mass is 35.5. The van der Waals surface area contributed by atoms with E-state index in [4.69, 9.17) is 11.6 Å². The van der Waals surface area contributed by atoms with Crippen molar-refractivity contribution in [3.63, 3.8) is 0 Å². The lowest BCUT2D eigenvalue weighted by molar-refractivity contribution is 0.249. The molecule has 0 fully saturated rings. The fourth-order valence-electron chi connectivity index (χ4n) is 2.42. The van der Waals surface area contributed by atoms with Crippen molar-refractivity contribution < 1.29 is 5.11 Å². The van der Waals surface area contributed by atoms with E-state index in [1.165, 1.54) is 0 Å². The minimum absolute atomic E-state index is 0.0392. The zero-order valence-electron chi connectivity index (χ0n) is 13.0. The zero-order chi connectivity index (χ0) is 16.4. The van der Waals surface area contributed by atoms with Crippen LogP contribution in [0.5, 0.6) is 0 Å². The van der Waals surface area contributed by atoms with Gasteiger partial charge in [0, 0.05) is 11.8 Å². The number of halogens is 1. The highest BCUT2D eigenvalue weighted by Crippen LogP contribution is 2.29. The SMILES string of the molecule is CC(C)[C@@H](CO)Nc1nccc2[nH]c(-c3ccccc3Cl)nc12. The van der Waals surface area contributed by atoms with Crippen LogP contribution in [0.4, 0.5) is 5.82 Å². The van der Waals surface area contributed by atoms with Crippen molar-refractivity contribution >= 4 is 28.5 Å². The summed E-state index contributed by atoms with van der Waals surface area (Å²) in [6.07, 6.45) is 1.72. The summed E-state index contributed by atoms with van der Waals surface area (Å²) in [4.78, 5) is 12.3. The predicted molar refractivity (Wildman–Crippen MR) is 93.7 cm³/mol. The van der Waals surface area contributed by atoms with E-state index in [1.807, 2.05) is 44.2 Å². The van der Waals surface area contributed by atoms with Gasteiger partial charge in [-0.15, -0.1) is 0 Å². The summed E-state index contributed by atoms with van der Waals surface area (Å²) in [6.45, 7) is 4.14. The molecule has 0 spiro atoms. The van der Waals surface area contributed by atoms with E-state index in [2.05, 4.69) is 20.3 Å². The topological polar surface area (TPSA) is 73.8 Å². The van der Waals surface area contributed by atoms with Gasteiger partial charge in [-0.05, 0) is 24.1 Å². The first-order valence-electron chi connectivity index (χ1n) is 7.57. The molecule has 0 saturated heterocycles. The number of imidazole rings is 1. The molecule has 0 unspecified atom stereocenters. The number of H-pyrrole nitrogens is 1. The number of aliphatic hydroxyl groups excluding tert-OH is 1. The Morgan fingerprint density at radius 1 is 1.26 bits per heavy atom. The molecule has 0 bridgehead atoms. The van der Waals surface area contributed by atoms with Crippen molar-refractivity contribution in [2.24, 2.45) is 5.92 Å². The lowest BCUT2D eigenvalue weighted by atomic mass is 10.1. The quantitative estimate of drug-likeness (QED) is 0.666. The third-order valence-electron chi connectivity index (χ3n) is 3.85. The number of nitrogens with zero attached hydrogens (tertiary/aromatic N) is 2. The number of rotatable bonds is 5. The Morgan fingerprint density at radius 2 is 2.04 bits per heavy atom. The second-order valence-electron chi connectivity index (χ2n) is 5.80. The van der Waals surface area contributed by atoms with E-state index in [0.29, 0.717) is 16.7 Å². The van der Waals surface area contributed by atoms with Crippen molar-refractivity contribution in [2.75, 3.05) is 11.9 Å². The van der Waals surface area contributed by atoms with E-state index >= 15 is 0 Å². The van der Waals surface area contributed by atoms with Crippen LogP contribution in [0.3, 0.4) is 0 Å². The molecule has 5 nitrogen and oxygen atoms in total. The molecule has 6 heteroatoms. The van der Waals surface area contributed by atoms with Gasteiger partial charge in [0.15, 0.2) is 5.82 Å². The molecule has 0 amide bonds. The third kappa shape index (κ3) is 3.16. The van der Waals surface area contributed by atoms with Crippen LogP contribution in [0.15, 0.2) is 36.5 Å². The Balaban J connectivity index is 2.03. The van der Waals surface area contributed by atoms with Gasteiger partial charge in [-0.3, -0.25) is 0 Å². The fourth-order valence-corrected chi connectivity index (χ4v) is 2.65. The number of fused-ring (bicyclic) bond motifs is 1. The number of hydrogen-bond acceptors (Lipinski definition) is 4. The molecule has 120 valence electrons. The molecule has 1 atom stereocenters. The van der Waals surface area contributed by atoms with Crippen molar-refractivity contribution in [3.05, 3.63) is 41.6 Å². The summed E-state index contributed by atoms with van der Waals surface area (Å²) in [5.74, 6) is 1.63. The van der Waals surface area contributed by atoms with Gasteiger partial charge in [-0.1, -0.05) is 37.6 Å². The molecule has 2 heterocycles. The summed E-state index contributed by atoms with van der Waals surface area (Å²) >= 11 is 6.25. The maximum Gasteiger partial charge on any atom is 0.154 e. The van der Waals surface area contributed by atoms with E-state index in [0.717, 1.165) is 16.6 Å². The maximum absolute atomic E-state index is 9.51. The van der Waals surface area contributed by atoms with Crippen molar-refractivity contribution in [2.45, 2.75) is 19.9 Å². The number of aromatic amines is 1. The first kappa shape index (κ1) is 15.8. The van der Waals surface area contributed by atoms with Crippen LogP contribution in [0.1, 0.15) is 13.8 Å². The van der Waals surface area contributed by atoms with Gasteiger partial charge in [-0.25, -0.2) is 9.97 Å². The van der Waals surface area contributed by atoms with Crippen LogP contribution < -0.4 is 5.32 Å². The van der Waals surface area contributed by atoms with Crippen molar-refractivity contribution in [1.29, 1.82) is 0 Å². The number of benzene rings is 1. The lowest BCUT2D eigenvalue weighted by Gasteiger charge is -2.20. The van der Waals surface area contributed by atoms with Gasteiger partial charge < -0.3 is 15.4 Å². The van der Waals surface area contributed by atoms with Gasteiger partial charge >= 0.3 is 0 Å². The van der Waals surface area contributed by atoms with Crippen LogP contribution in [0.2, 0.25) is 5.02 Å². The molecule has 0 radical (unpaired) electrons. The first-order chi connectivity index (χ1) is 11.1. The van der Waals surface area contributed by atoms with Crippen molar-refractivity contribution in [3.8, 4) is 11.4 Å². The normalized spacial score (nSPS) is 12.7. The van der Waals surface area contributed by atoms with Gasteiger partial charge in [-0.2, -0.15) is 0 Å². The van der Waals surface area contributed by atoms with Gasteiger partial charge in [0.2, 0.25) is 0 Å². The minimum Gasteiger partial charge on any atom is -0.394 e. The van der Waals surface area contributed by atoms with Gasteiger partial charge in [0.1, 0.15) is 11.3 Å². The van der Waals surface area contributed by atoms with E-state index in [-0.39, 0.29) is 18.6 Å². The van der Waals surface area contributed by atoms with E-state index < -0.39 is 0 Å². The number of pyridine rings is 1. The number of aromatic nitrogens is 3. The van der Waals surface area contributed by atoms with Crippen LogP contribution >= 0.6 is 11.6 Å². The molecule has 3 N–H and O–H groups in total. The Bertz CT molecular complexity index is 815. The lowest BCUT2D eigenvalue weighted by Crippen LogP contribution is -2.29. The molecule has 3 rings (SSSR count). The smallest absolute Gasteiger partial charge is 0.154 e. The summed E-state index contributed by atoms with van der Waals surface area (Å²) in [5.41, 5.74) is 2.46. The zero-order valence-corrected chi connectivity index (χ0v) is 13.8. The molecule has 23 heavy (non-hydrogen) atoms. The summed E-state index contributed by atoms with van der Waals surface area (Å²) in [6, 6.07) is 9.36. The average molecular weight is 331 g/mol. The first-order valence-corrected chi connectivity index (χ1v) is 7.95. The molecule has 0 aliphatic heterocycles. The molecular weight excluding hydrogens is 312 g/mol. The molecule has 0 aliphatic rings. The molecule has 1 aromatic carbocycles. The summed E-state index contributed by atoms with van der Waals surface area (Å²) in [5, 5.41) is 13.4. The second-order valence-corrected chi connectivity index (χ2v) is 6.21. The highest BCUT2D eigenvalue weighted by molar-refractivity contribution is 6.33. The molecule has 2 aromatic heterocycles. The van der Waals surface area contributed by atoms with Gasteiger partial charge in [0.05, 0.1) is 23.2 Å². The van der Waals surface area contributed by atoms with Crippen molar-refractivity contribution in [1.82, 2.24) is 15.0 Å². The number of hydrogen-bond donors (Lipinski definition) is 3.